The molecule has 1 N–H and O–H groups in total. The molecule has 172 valence electrons. The topological polar surface area (TPSA) is 51.2 Å². The Morgan fingerprint density at radius 1 is 1.06 bits per heavy atom. The van der Waals surface area contributed by atoms with E-state index < -0.39 is 0 Å². The summed E-state index contributed by atoms with van der Waals surface area (Å²) in [5.41, 5.74) is 2.39. The van der Waals surface area contributed by atoms with Crippen LogP contribution in [0.2, 0.25) is 0 Å². The summed E-state index contributed by atoms with van der Waals surface area (Å²) in [6, 6.07) is 13.9. The Balaban J connectivity index is 1.30. The van der Waals surface area contributed by atoms with E-state index in [0.29, 0.717) is 25.0 Å². The van der Waals surface area contributed by atoms with E-state index in [1.54, 1.807) is 12.1 Å². The van der Waals surface area contributed by atoms with Gasteiger partial charge in [-0.15, -0.1) is 0 Å². The third-order valence-electron chi connectivity index (χ3n) is 7.23. The zero-order chi connectivity index (χ0) is 21.9. The van der Waals surface area contributed by atoms with Gasteiger partial charge < -0.3 is 19.3 Å². The molecule has 3 heterocycles. The third-order valence-corrected chi connectivity index (χ3v) is 7.23. The van der Waals surface area contributed by atoms with E-state index in [1.807, 2.05) is 18.2 Å². The molecule has 2 fully saturated rings. The number of fused-ring (bicyclic) bond motifs is 1. The summed E-state index contributed by atoms with van der Waals surface area (Å²) in [6.45, 7) is 5.18. The molecule has 0 aliphatic carbocycles. The van der Waals surface area contributed by atoms with E-state index in [0.717, 1.165) is 62.8 Å². The third kappa shape index (κ3) is 4.57. The molecule has 32 heavy (non-hydrogen) atoms. The molecule has 6 heteroatoms. The number of likely N-dealkylation sites (tertiary alicyclic amines) is 1. The number of benzene rings is 2. The fourth-order valence-corrected chi connectivity index (χ4v) is 5.42. The molecular formula is C26H32FNO4. The fraction of sp³-hybridized carbons (Fsp3) is 0.538. The first-order chi connectivity index (χ1) is 15.7. The van der Waals surface area contributed by atoms with Crippen LogP contribution in [0.3, 0.4) is 0 Å². The average Bonchev–Trinajstić information content (AvgIpc) is 2.80. The highest BCUT2D eigenvalue weighted by Gasteiger charge is 2.38. The summed E-state index contributed by atoms with van der Waals surface area (Å²) in [5.74, 6) is 3.22. The Kier molecular flexibility index (Phi) is 6.51. The van der Waals surface area contributed by atoms with Gasteiger partial charge in [0.25, 0.3) is 0 Å². The van der Waals surface area contributed by atoms with Crippen LogP contribution in [0, 0.1) is 17.8 Å². The quantitative estimate of drug-likeness (QED) is 0.697. The SMILES string of the molecule is Oc1ccc2c(c1)OC[C@@H](C1CCOCC1)[C@H]2c1ccc(OCCN2CC(CF)C2)cc1. The average molecular weight is 442 g/mol. The van der Waals surface area contributed by atoms with Crippen LogP contribution in [0.4, 0.5) is 4.39 Å². The molecular weight excluding hydrogens is 409 g/mol. The Hall–Kier alpha value is -2.31. The Morgan fingerprint density at radius 3 is 2.59 bits per heavy atom. The molecule has 0 aromatic heterocycles. The maximum absolute atomic E-state index is 12.6. The summed E-state index contributed by atoms with van der Waals surface area (Å²) in [7, 11) is 0. The van der Waals surface area contributed by atoms with Gasteiger partial charge in [0.1, 0.15) is 23.9 Å². The van der Waals surface area contributed by atoms with E-state index in [-0.39, 0.29) is 24.3 Å². The number of ether oxygens (including phenoxy) is 3. The minimum absolute atomic E-state index is 0.210. The number of phenolic OH excluding ortho intramolecular Hbond substituents is 1. The van der Waals surface area contributed by atoms with Crippen LogP contribution >= 0.6 is 0 Å². The van der Waals surface area contributed by atoms with Crippen LogP contribution in [-0.2, 0) is 4.74 Å². The summed E-state index contributed by atoms with van der Waals surface area (Å²) in [5, 5.41) is 9.93. The fourth-order valence-electron chi connectivity index (χ4n) is 5.42. The van der Waals surface area contributed by atoms with E-state index in [1.165, 1.54) is 5.56 Å². The van der Waals surface area contributed by atoms with Crippen LogP contribution < -0.4 is 9.47 Å². The lowest BCUT2D eigenvalue weighted by Crippen LogP contribution is -2.49. The van der Waals surface area contributed by atoms with E-state index >= 15 is 0 Å². The Morgan fingerprint density at radius 2 is 1.84 bits per heavy atom. The minimum Gasteiger partial charge on any atom is -0.508 e. The molecule has 0 unspecified atom stereocenters. The molecule has 2 aromatic carbocycles. The highest BCUT2D eigenvalue weighted by Crippen LogP contribution is 2.47. The van der Waals surface area contributed by atoms with Crippen LogP contribution in [-0.4, -0.2) is 62.7 Å². The lowest BCUT2D eigenvalue weighted by Gasteiger charge is -2.40. The monoisotopic (exact) mass is 441 g/mol. The Labute approximate surface area is 189 Å². The maximum Gasteiger partial charge on any atom is 0.126 e. The van der Waals surface area contributed by atoms with Crippen molar-refractivity contribution in [3.63, 3.8) is 0 Å². The van der Waals surface area contributed by atoms with E-state index in [9.17, 15) is 9.50 Å². The first-order valence-electron chi connectivity index (χ1n) is 11.8. The van der Waals surface area contributed by atoms with Crippen molar-refractivity contribution in [2.75, 3.05) is 52.7 Å². The predicted octanol–water partition coefficient (Wildman–Crippen LogP) is 4.24. The number of halogens is 1. The molecule has 0 spiro atoms. The number of hydrogen-bond acceptors (Lipinski definition) is 5. The van der Waals surface area contributed by atoms with Crippen LogP contribution in [0.1, 0.15) is 29.9 Å². The molecule has 2 aromatic rings. The lowest BCUT2D eigenvalue weighted by atomic mass is 9.71. The number of rotatable bonds is 7. The van der Waals surface area contributed by atoms with Gasteiger partial charge in [0, 0.05) is 62.2 Å². The van der Waals surface area contributed by atoms with Gasteiger partial charge in [-0.3, -0.25) is 9.29 Å². The van der Waals surface area contributed by atoms with Crippen molar-refractivity contribution < 1.29 is 23.7 Å². The van der Waals surface area contributed by atoms with Crippen LogP contribution in [0.15, 0.2) is 42.5 Å². The van der Waals surface area contributed by atoms with Crippen molar-refractivity contribution in [1.82, 2.24) is 4.90 Å². The first kappa shape index (κ1) is 21.5. The second-order valence-corrected chi connectivity index (χ2v) is 9.32. The Bertz CT molecular complexity index is 893. The molecule has 5 rings (SSSR count). The lowest BCUT2D eigenvalue weighted by molar-refractivity contribution is 0.0274. The van der Waals surface area contributed by atoms with Gasteiger partial charge in [0.15, 0.2) is 0 Å². The largest absolute Gasteiger partial charge is 0.508 e. The predicted molar refractivity (Wildman–Crippen MR) is 120 cm³/mol. The van der Waals surface area contributed by atoms with E-state index in [2.05, 4.69) is 17.0 Å². The van der Waals surface area contributed by atoms with Crippen LogP contribution in [0.5, 0.6) is 17.2 Å². The highest BCUT2D eigenvalue weighted by molar-refractivity contribution is 5.48. The van der Waals surface area contributed by atoms with Crippen molar-refractivity contribution in [3.8, 4) is 17.2 Å². The van der Waals surface area contributed by atoms with Gasteiger partial charge in [0.2, 0.25) is 0 Å². The van der Waals surface area contributed by atoms with Crippen molar-refractivity contribution in [2.24, 2.45) is 17.8 Å². The van der Waals surface area contributed by atoms with E-state index in [4.69, 9.17) is 14.2 Å². The summed E-state index contributed by atoms with van der Waals surface area (Å²) < 4.78 is 30.2. The van der Waals surface area contributed by atoms with Gasteiger partial charge in [-0.05, 0) is 42.5 Å². The smallest absolute Gasteiger partial charge is 0.126 e. The standard InChI is InChI=1S/C26H32FNO4/c27-14-18-15-28(16-18)9-12-31-22-4-1-20(2-5-22)26-23-6-3-21(29)13-25(23)32-17-24(26)19-7-10-30-11-8-19/h1-6,13,18-19,24,26,29H,7-12,14-17H2/t24-,26-/m0/s1. The molecule has 0 saturated carbocycles. The molecule has 2 atom stereocenters. The number of hydrogen-bond donors (Lipinski definition) is 1. The molecule has 5 nitrogen and oxygen atoms in total. The first-order valence-corrected chi connectivity index (χ1v) is 11.8. The van der Waals surface area contributed by atoms with Gasteiger partial charge in [0.05, 0.1) is 13.3 Å². The minimum atomic E-state index is -0.220. The number of nitrogens with zero attached hydrogens (tertiary/aromatic N) is 1. The number of phenols is 1. The molecule has 0 amide bonds. The summed E-state index contributed by atoms with van der Waals surface area (Å²) in [4.78, 5) is 2.23. The van der Waals surface area contributed by atoms with Gasteiger partial charge in [-0.2, -0.15) is 0 Å². The van der Waals surface area contributed by atoms with Gasteiger partial charge in [-0.25, -0.2) is 0 Å². The second kappa shape index (κ2) is 9.67. The second-order valence-electron chi connectivity index (χ2n) is 9.32. The highest BCUT2D eigenvalue weighted by atomic mass is 19.1. The van der Waals surface area contributed by atoms with Crippen molar-refractivity contribution in [3.05, 3.63) is 53.6 Å². The zero-order valence-electron chi connectivity index (χ0n) is 18.4. The zero-order valence-corrected chi connectivity index (χ0v) is 18.4. The maximum atomic E-state index is 12.6. The number of aromatic hydroxyl groups is 1. The van der Waals surface area contributed by atoms with Crippen LogP contribution in [0.25, 0.3) is 0 Å². The van der Waals surface area contributed by atoms with Gasteiger partial charge >= 0.3 is 0 Å². The normalized spacial score (nSPS) is 24.4. The van der Waals surface area contributed by atoms with Crippen molar-refractivity contribution in [2.45, 2.75) is 18.8 Å². The summed E-state index contributed by atoms with van der Waals surface area (Å²) in [6.07, 6.45) is 2.11. The summed E-state index contributed by atoms with van der Waals surface area (Å²) >= 11 is 0. The molecule has 2 saturated heterocycles. The number of alkyl halides is 1. The molecule has 0 bridgehead atoms. The van der Waals surface area contributed by atoms with Gasteiger partial charge in [-0.1, -0.05) is 18.2 Å². The van der Waals surface area contributed by atoms with Crippen molar-refractivity contribution in [1.29, 1.82) is 0 Å². The molecule has 3 aliphatic rings. The molecule has 3 aliphatic heterocycles. The van der Waals surface area contributed by atoms with Crippen molar-refractivity contribution >= 4 is 0 Å². The molecule has 0 radical (unpaired) electrons.